The van der Waals surface area contributed by atoms with Gasteiger partial charge in [0.05, 0.1) is 18.3 Å². The Labute approximate surface area is 163 Å². The van der Waals surface area contributed by atoms with Crippen molar-refractivity contribution in [3.05, 3.63) is 46.2 Å². The zero-order chi connectivity index (χ0) is 18.6. The first kappa shape index (κ1) is 17.8. The number of fused-ring (bicyclic) bond motifs is 1. The maximum Gasteiger partial charge on any atom is 0.231 e. The average Bonchev–Trinajstić information content (AvgIpc) is 3.42. The lowest BCUT2D eigenvalue weighted by atomic mass is 10.1. The number of carbonyl (C=O) groups is 1. The molecule has 10 heteroatoms. The van der Waals surface area contributed by atoms with Crippen LogP contribution in [0.25, 0.3) is 0 Å². The summed E-state index contributed by atoms with van der Waals surface area (Å²) in [6, 6.07) is 9.54. The first-order valence-electron chi connectivity index (χ1n) is 8.29. The van der Waals surface area contributed by atoms with Crippen LogP contribution in [0.15, 0.2) is 40.9 Å². The van der Waals surface area contributed by atoms with E-state index in [4.69, 9.17) is 9.47 Å². The highest BCUT2D eigenvalue weighted by Crippen LogP contribution is 2.34. The van der Waals surface area contributed by atoms with Crippen LogP contribution in [-0.2, 0) is 11.3 Å². The molecule has 3 aromatic rings. The standard InChI is InChI=1S/C17H17N5O3S2/c1-11(12-4-5-14-15(7-12)25-10-24-14)18-16(23)9-27-17-19-20-21-22(17)8-13-3-2-6-26-13/h2-7,11H,8-10H2,1H3,(H,18,23)/t11-/m0/s1. The number of hydrogen-bond donors (Lipinski definition) is 1. The lowest BCUT2D eigenvalue weighted by Gasteiger charge is -2.14. The molecule has 1 aromatic carbocycles. The third-order valence-corrected chi connectivity index (χ3v) is 5.81. The van der Waals surface area contributed by atoms with Gasteiger partial charge in [-0.15, -0.1) is 16.4 Å². The van der Waals surface area contributed by atoms with Gasteiger partial charge in [-0.3, -0.25) is 4.79 Å². The van der Waals surface area contributed by atoms with E-state index < -0.39 is 0 Å². The number of aromatic nitrogens is 4. The van der Waals surface area contributed by atoms with E-state index in [1.165, 1.54) is 11.8 Å². The highest BCUT2D eigenvalue weighted by atomic mass is 32.2. The molecule has 3 heterocycles. The van der Waals surface area contributed by atoms with Crippen molar-refractivity contribution in [2.45, 2.75) is 24.7 Å². The molecule has 0 saturated heterocycles. The topological polar surface area (TPSA) is 91.2 Å². The Balaban J connectivity index is 1.32. The summed E-state index contributed by atoms with van der Waals surface area (Å²) in [5, 5.41) is 17.3. The van der Waals surface area contributed by atoms with Crippen LogP contribution in [0, 0.1) is 0 Å². The molecule has 27 heavy (non-hydrogen) atoms. The van der Waals surface area contributed by atoms with Crippen LogP contribution in [0.1, 0.15) is 23.4 Å². The number of ether oxygens (including phenoxy) is 2. The molecule has 2 aromatic heterocycles. The Morgan fingerprint density at radius 3 is 3.11 bits per heavy atom. The summed E-state index contributed by atoms with van der Waals surface area (Å²) in [5.74, 6) is 1.58. The van der Waals surface area contributed by atoms with E-state index in [0.717, 1.165) is 16.2 Å². The van der Waals surface area contributed by atoms with Crippen molar-refractivity contribution in [1.82, 2.24) is 25.5 Å². The van der Waals surface area contributed by atoms with Crippen LogP contribution < -0.4 is 14.8 Å². The lowest BCUT2D eigenvalue weighted by Crippen LogP contribution is -2.28. The number of nitrogens with one attached hydrogen (secondary N) is 1. The fraction of sp³-hybridized carbons (Fsp3) is 0.294. The Morgan fingerprint density at radius 2 is 2.26 bits per heavy atom. The van der Waals surface area contributed by atoms with Gasteiger partial charge in [-0.25, -0.2) is 4.68 Å². The van der Waals surface area contributed by atoms with Gasteiger partial charge >= 0.3 is 0 Å². The van der Waals surface area contributed by atoms with E-state index in [9.17, 15) is 4.79 Å². The zero-order valence-corrected chi connectivity index (χ0v) is 16.1. The first-order chi connectivity index (χ1) is 13.2. The maximum absolute atomic E-state index is 12.3. The van der Waals surface area contributed by atoms with Crippen molar-refractivity contribution in [2.75, 3.05) is 12.5 Å². The number of amides is 1. The second-order valence-corrected chi connectivity index (χ2v) is 7.86. The van der Waals surface area contributed by atoms with Crippen LogP contribution in [-0.4, -0.2) is 38.7 Å². The van der Waals surface area contributed by atoms with Gasteiger partial charge in [-0.2, -0.15) is 0 Å². The molecule has 140 valence electrons. The molecule has 0 fully saturated rings. The van der Waals surface area contributed by atoms with Crippen molar-refractivity contribution in [3.8, 4) is 11.5 Å². The molecular weight excluding hydrogens is 386 g/mol. The largest absolute Gasteiger partial charge is 0.454 e. The second kappa shape index (κ2) is 7.97. The SMILES string of the molecule is C[C@H](NC(=O)CSc1nnnn1Cc1cccs1)c1ccc2c(c1)OCO2. The molecule has 0 radical (unpaired) electrons. The molecule has 1 amide bonds. The van der Waals surface area contributed by atoms with Crippen LogP contribution >= 0.6 is 23.1 Å². The van der Waals surface area contributed by atoms with E-state index in [0.29, 0.717) is 17.5 Å². The number of tetrazole rings is 1. The Morgan fingerprint density at radius 1 is 1.37 bits per heavy atom. The first-order valence-corrected chi connectivity index (χ1v) is 10.2. The van der Waals surface area contributed by atoms with E-state index in [-0.39, 0.29) is 24.5 Å². The highest BCUT2D eigenvalue weighted by molar-refractivity contribution is 7.99. The number of carbonyl (C=O) groups excluding carboxylic acids is 1. The molecule has 0 spiro atoms. The summed E-state index contributed by atoms with van der Waals surface area (Å²) in [6.07, 6.45) is 0. The van der Waals surface area contributed by atoms with Crippen molar-refractivity contribution < 1.29 is 14.3 Å². The van der Waals surface area contributed by atoms with Crippen molar-refractivity contribution in [2.24, 2.45) is 0 Å². The molecule has 0 bridgehead atoms. The number of thioether (sulfide) groups is 1. The Hall–Kier alpha value is -2.59. The van der Waals surface area contributed by atoms with Gasteiger partial charge in [0, 0.05) is 4.88 Å². The normalized spacial score (nSPS) is 13.5. The fourth-order valence-electron chi connectivity index (χ4n) is 2.63. The molecule has 4 rings (SSSR count). The van der Waals surface area contributed by atoms with Gasteiger partial charge in [-0.1, -0.05) is 23.9 Å². The third kappa shape index (κ3) is 4.22. The summed E-state index contributed by atoms with van der Waals surface area (Å²) in [6.45, 7) is 2.76. The molecule has 1 atom stereocenters. The summed E-state index contributed by atoms with van der Waals surface area (Å²) in [4.78, 5) is 13.5. The van der Waals surface area contributed by atoms with Gasteiger partial charge in [0.2, 0.25) is 17.9 Å². The minimum atomic E-state index is -0.144. The third-order valence-electron chi connectivity index (χ3n) is 3.99. The van der Waals surface area contributed by atoms with E-state index >= 15 is 0 Å². The van der Waals surface area contributed by atoms with Crippen LogP contribution in [0.3, 0.4) is 0 Å². The predicted molar refractivity (Wildman–Crippen MR) is 101 cm³/mol. The molecule has 0 aliphatic carbocycles. The van der Waals surface area contributed by atoms with Crippen LogP contribution in [0.5, 0.6) is 11.5 Å². The summed E-state index contributed by atoms with van der Waals surface area (Å²) in [7, 11) is 0. The fourth-order valence-corrected chi connectivity index (χ4v) is 4.00. The molecule has 1 aliphatic rings. The minimum absolute atomic E-state index is 0.0872. The second-order valence-electron chi connectivity index (χ2n) is 5.89. The van der Waals surface area contributed by atoms with Crippen molar-refractivity contribution >= 4 is 29.0 Å². The maximum atomic E-state index is 12.3. The van der Waals surface area contributed by atoms with Crippen LogP contribution in [0.2, 0.25) is 0 Å². The summed E-state index contributed by atoms with van der Waals surface area (Å²) >= 11 is 2.96. The molecular formula is C17H17N5O3S2. The van der Waals surface area contributed by atoms with Crippen LogP contribution in [0.4, 0.5) is 0 Å². The quantitative estimate of drug-likeness (QED) is 0.606. The van der Waals surface area contributed by atoms with Crippen molar-refractivity contribution in [3.63, 3.8) is 0 Å². The number of hydrogen-bond acceptors (Lipinski definition) is 8. The molecule has 1 N–H and O–H groups in total. The van der Waals surface area contributed by atoms with Gasteiger partial charge in [-0.05, 0) is 46.5 Å². The smallest absolute Gasteiger partial charge is 0.231 e. The van der Waals surface area contributed by atoms with Crippen molar-refractivity contribution in [1.29, 1.82) is 0 Å². The molecule has 0 unspecified atom stereocenters. The van der Waals surface area contributed by atoms with E-state index in [1.54, 1.807) is 16.0 Å². The number of benzene rings is 1. The molecule has 0 saturated carbocycles. The number of rotatable bonds is 7. The van der Waals surface area contributed by atoms with E-state index in [2.05, 4.69) is 20.8 Å². The number of thiophene rings is 1. The minimum Gasteiger partial charge on any atom is -0.454 e. The Bertz CT molecular complexity index is 929. The van der Waals surface area contributed by atoms with E-state index in [1.807, 2.05) is 42.6 Å². The van der Waals surface area contributed by atoms with Gasteiger partial charge in [0.25, 0.3) is 0 Å². The zero-order valence-electron chi connectivity index (χ0n) is 14.5. The average molecular weight is 403 g/mol. The van der Waals surface area contributed by atoms with Gasteiger partial charge in [0.1, 0.15) is 0 Å². The van der Waals surface area contributed by atoms with Gasteiger partial charge in [0.15, 0.2) is 11.5 Å². The summed E-state index contributed by atoms with van der Waals surface area (Å²) in [5.41, 5.74) is 0.958. The monoisotopic (exact) mass is 403 g/mol. The predicted octanol–water partition coefficient (Wildman–Crippen LogP) is 2.48. The Kier molecular flexibility index (Phi) is 5.26. The molecule has 8 nitrogen and oxygen atoms in total. The summed E-state index contributed by atoms with van der Waals surface area (Å²) < 4.78 is 12.4. The van der Waals surface area contributed by atoms with Gasteiger partial charge < -0.3 is 14.8 Å². The highest BCUT2D eigenvalue weighted by Gasteiger charge is 2.17. The number of nitrogens with zero attached hydrogens (tertiary/aromatic N) is 4. The molecule has 1 aliphatic heterocycles. The lowest BCUT2D eigenvalue weighted by molar-refractivity contribution is -0.119.